The smallest absolute Gasteiger partial charge is 0.189 e. The minimum absolute atomic E-state index is 0.0618. The highest BCUT2D eigenvalue weighted by Crippen LogP contribution is 2.11. The quantitative estimate of drug-likeness (QED) is 0.419. The number of guanidine groups is 1. The van der Waals surface area contributed by atoms with Crippen LogP contribution in [0.15, 0.2) is 4.99 Å². The van der Waals surface area contributed by atoms with E-state index >= 15 is 0 Å². The van der Waals surface area contributed by atoms with E-state index in [1.807, 2.05) is 13.8 Å². The van der Waals surface area contributed by atoms with Crippen LogP contribution in [0.1, 0.15) is 26.7 Å². The van der Waals surface area contributed by atoms with Gasteiger partial charge in [-0.25, -0.2) is 0 Å². The zero-order valence-corrected chi connectivity index (χ0v) is 10.1. The fourth-order valence-corrected chi connectivity index (χ4v) is 1.59. The summed E-state index contributed by atoms with van der Waals surface area (Å²) in [5, 5.41) is 3.03. The van der Waals surface area contributed by atoms with Crippen molar-refractivity contribution in [2.45, 2.75) is 38.8 Å². The summed E-state index contributed by atoms with van der Waals surface area (Å²) in [6.07, 6.45) is 7.80. The van der Waals surface area contributed by atoms with E-state index in [1.165, 1.54) is 0 Å². The van der Waals surface area contributed by atoms with E-state index in [9.17, 15) is 0 Å². The Morgan fingerprint density at radius 2 is 2.44 bits per heavy atom. The summed E-state index contributed by atoms with van der Waals surface area (Å²) in [6.45, 7) is 5.55. The highest BCUT2D eigenvalue weighted by atomic mass is 16.5. The number of terminal acetylenes is 1. The van der Waals surface area contributed by atoms with Gasteiger partial charge in [-0.1, -0.05) is 19.8 Å². The van der Waals surface area contributed by atoms with Crippen LogP contribution in [0, 0.1) is 18.3 Å². The molecule has 1 aliphatic rings. The van der Waals surface area contributed by atoms with E-state index in [0.717, 1.165) is 19.4 Å². The lowest BCUT2D eigenvalue weighted by Gasteiger charge is -2.17. The van der Waals surface area contributed by atoms with E-state index in [2.05, 4.69) is 16.2 Å². The van der Waals surface area contributed by atoms with Crippen LogP contribution in [0.4, 0.5) is 0 Å². The molecule has 1 saturated heterocycles. The molecule has 2 atom stereocenters. The van der Waals surface area contributed by atoms with E-state index in [-0.39, 0.29) is 12.1 Å². The van der Waals surface area contributed by atoms with Crippen LogP contribution in [0.5, 0.6) is 0 Å². The summed E-state index contributed by atoms with van der Waals surface area (Å²) in [7, 11) is 0. The molecule has 90 valence electrons. The predicted octanol–water partition coefficient (Wildman–Crippen LogP) is 0.727. The largest absolute Gasteiger partial charge is 0.376 e. The standard InChI is InChI=1S/C12H21N3O/c1-4-11(9(2)3)15-12(13)14-8-10-6-5-7-16-10/h1,9-11H,5-8H2,2-3H3,(H3,13,14,15). The molecule has 4 nitrogen and oxygen atoms in total. The van der Waals surface area contributed by atoms with Gasteiger partial charge in [-0.3, -0.25) is 4.99 Å². The molecule has 4 heteroatoms. The third-order valence-electron chi connectivity index (χ3n) is 2.64. The lowest BCUT2D eigenvalue weighted by molar-refractivity contribution is 0.117. The molecule has 3 N–H and O–H groups in total. The third-order valence-corrected chi connectivity index (χ3v) is 2.64. The van der Waals surface area contributed by atoms with Crippen molar-refractivity contribution in [3.8, 4) is 12.3 Å². The van der Waals surface area contributed by atoms with Crippen molar-refractivity contribution in [3.63, 3.8) is 0 Å². The van der Waals surface area contributed by atoms with Gasteiger partial charge in [0.2, 0.25) is 0 Å². The van der Waals surface area contributed by atoms with E-state index < -0.39 is 0 Å². The van der Waals surface area contributed by atoms with Crippen LogP contribution in [-0.2, 0) is 4.74 Å². The maximum Gasteiger partial charge on any atom is 0.189 e. The van der Waals surface area contributed by atoms with Gasteiger partial charge in [0.1, 0.15) is 0 Å². The summed E-state index contributed by atoms with van der Waals surface area (Å²) in [4.78, 5) is 4.24. The number of rotatable bonds is 4. The molecule has 0 aromatic carbocycles. The highest BCUT2D eigenvalue weighted by molar-refractivity contribution is 5.78. The second-order valence-electron chi connectivity index (χ2n) is 4.39. The van der Waals surface area contributed by atoms with E-state index in [4.69, 9.17) is 16.9 Å². The Labute approximate surface area is 97.6 Å². The van der Waals surface area contributed by atoms with Crippen LogP contribution in [-0.4, -0.2) is 31.3 Å². The highest BCUT2D eigenvalue weighted by Gasteiger charge is 2.15. The van der Waals surface area contributed by atoms with Gasteiger partial charge >= 0.3 is 0 Å². The Kier molecular flexibility index (Phi) is 5.13. The van der Waals surface area contributed by atoms with Crippen molar-refractivity contribution >= 4 is 5.96 Å². The van der Waals surface area contributed by atoms with Gasteiger partial charge in [0.15, 0.2) is 5.96 Å². The molecule has 0 spiro atoms. The van der Waals surface area contributed by atoms with Gasteiger partial charge < -0.3 is 15.8 Å². The molecule has 0 radical (unpaired) electrons. The van der Waals surface area contributed by atoms with Crippen LogP contribution in [0.25, 0.3) is 0 Å². The monoisotopic (exact) mass is 223 g/mol. The molecule has 0 saturated carbocycles. The molecule has 2 unspecified atom stereocenters. The number of nitrogens with two attached hydrogens (primary N) is 1. The first kappa shape index (κ1) is 12.9. The second-order valence-corrected chi connectivity index (χ2v) is 4.39. The molecule has 0 aliphatic carbocycles. The minimum Gasteiger partial charge on any atom is -0.376 e. The van der Waals surface area contributed by atoms with Gasteiger partial charge in [0.05, 0.1) is 18.7 Å². The number of nitrogens with zero attached hydrogens (tertiary/aromatic N) is 1. The molecule has 0 amide bonds. The molecule has 16 heavy (non-hydrogen) atoms. The first-order chi connectivity index (χ1) is 7.63. The van der Waals surface area contributed by atoms with Gasteiger partial charge in [0.25, 0.3) is 0 Å². The SMILES string of the molecule is C#CC(NC(N)=NCC1CCCO1)C(C)C. The third kappa shape index (κ3) is 4.11. The van der Waals surface area contributed by atoms with Crippen LogP contribution >= 0.6 is 0 Å². The fraction of sp³-hybridized carbons (Fsp3) is 0.750. The lowest BCUT2D eigenvalue weighted by Crippen LogP contribution is -2.42. The van der Waals surface area contributed by atoms with Gasteiger partial charge in [-0.05, 0) is 18.8 Å². The lowest BCUT2D eigenvalue weighted by atomic mass is 10.1. The van der Waals surface area contributed by atoms with Crippen molar-refractivity contribution in [2.75, 3.05) is 13.2 Å². The molecule has 1 heterocycles. The van der Waals surface area contributed by atoms with Crippen molar-refractivity contribution < 1.29 is 4.74 Å². The Hall–Kier alpha value is -1.21. The Morgan fingerprint density at radius 1 is 1.69 bits per heavy atom. The summed E-state index contributed by atoms with van der Waals surface area (Å²) >= 11 is 0. The Morgan fingerprint density at radius 3 is 2.94 bits per heavy atom. The molecule has 0 aromatic rings. The average Bonchev–Trinajstić information content (AvgIpc) is 2.75. The number of nitrogens with one attached hydrogen (secondary N) is 1. The van der Waals surface area contributed by atoms with Gasteiger partial charge in [-0.15, -0.1) is 6.42 Å². The molecule has 0 bridgehead atoms. The van der Waals surface area contributed by atoms with E-state index in [0.29, 0.717) is 18.4 Å². The number of hydrogen-bond acceptors (Lipinski definition) is 2. The van der Waals surface area contributed by atoms with Crippen molar-refractivity contribution in [2.24, 2.45) is 16.6 Å². The normalized spacial score (nSPS) is 23.1. The predicted molar refractivity (Wildman–Crippen MR) is 66.1 cm³/mol. The second kappa shape index (κ2) is 6.39. The zero-order valence-electron chi connectivity index (χ0n) is 10.1. The average molecular weight is 223 g/mol. The van der Waals surface area contributed by atoms with Crippen LogP contribution < -0.4 is 11.1 Å². The summed E-state index contributed by atoms with van der Waals surface area (Å²) in [5.41, 5.74) is 5.75. The first-order valence-corrected chi connectivity index (χ1v) is 5.77. The van der Waals surface area contributed by atoms with Gasteiger partial charge in [0, 0.05) is 6.61 Å². The topological polar surface area (TPSA) is 59.6 Å². The van der Waals surface area contributed by atoms with Crippen LogP contribution in [0.3, 0.4) is 0 Å². The summed E-state index contributed by atoms with van der Waals surface area (Å²) in [6, 6.07) is -0.0618. The maximum absolute atomic E-state index is 5.75. The summed E-state index contributed by atoms with van der Waals surface area (Å²) in [5.74, 6) is 3.40. The molecule has 1 aliphatic heterocycles. The molecule has 1 fully saturated rings. The molecule has 1 rings (SSSR count). The Bertz CT molecular complexity index is 274. The maximum atomic E-state index is 5.75. The number of hydrogen-bond donors (Lipinski definition) is 2. The fourth-order valence-electron chi connectivity index (χ4n) is 1.59. The number of aliphatic imine (C=N–C) groups is 1. The number of ether oxygens (including phenoxy) is 1. The molecular formula is C12H21N3O. The molecular weight excluding hydrogens is 202 g/mol. The van der Waals surface area contributed by atoms with Crippen molar-refractivity contribution in [1.29, 1.82) is 0 Å². The minimum atomic E-state index is -0.0618. The molecule has 0 aromatic heterocycles. The van der Waals surface area contributed by atoms with E-state index in [1.54, 1.807) is 0 Å². The van der Waals surface area contributed by atoms with Gasteiger partial charge in [-0.2, -0.15) is 0 Å². The zero-order chi connectivity index (χ0) is 12.0. The summed E-state index contributed by atoms with van der Waals surface area (Å²) < 4.78 is 5.45. The Balaban J connectivity index is 2.35. The van der Waals surface area contributed by atoms with Crippen LogP contribution in [0.2, 0.25) is 0 Å². The first-order valence-electron chi connectivity index (χ1n) is 5.77. The van der Waals surface area contributed by atoms with Crippen molar-refractivity contribution in [1.82, 2.24) is 5.32 Å². The van der Waals surface area contributed by atoms with Crippen molar-refractivity contribution in [3.05, 3.63) is 0 Å².